The monoisotopic (exact) mass is 285 g/mol. The SMILES string of the molecule is O=C(c1ccnc(F)c1)N1CCN(c2ccccc2)CC1. The van der Waals surface area contributed by atoms with Gasteiger partial charge in [-0.15, -0.1) is 0 Å². The first-order valence-corrected chi connectivity index (χ1v) is 6.95. The lowest BCUT2D eigenvalue weighted by molar-refractivity contribution is 0.0746. The number of nitrogens with zero attached hydrogens (tertiary/aromatic N) is 3. The topological polar surface area (TPSA) is 36.4 Å². The zero-order valence-corrected chi connectivity index (χ0v) is 11.6. The molecule has 108 valence electrons. The summed E-state index contributed by atoms with van der Waals surface area (Å²) in [5.41, 5.74) is 1.52. The van der Waals surface area contributed by atoms with E-state index in [9.17, 15) is 9.18 Å². The van der Waals surface area contributed by atoms with Crippen LogP contribution in [0.4, 0.5) is 10.1 Å². The molecule has 1 aromatic carbocycles. The van der Waals surface area contributed by atoms with Crippen LogP contribution in [0.25, 0.3) is 0 Å². The maximum absolute atomic E-state index is 13.1. The molecule has 0 saturated carbocycles. The molecule has 0 unspecified atom stereocenters. The smallest absolute Gasteiger partial charge is 0.254 e. The van der Waals surface area contributed by atoms with Crippen LogP contribution in [0.1, 0.15) is 10.4 Å². The first-order valence-electron chi connectivity index (χ1n) is 6.95. The van der Waals surface area contributed by atoms with Gasteiger partial charge in [-0.3, -0.25) is 4.79 Å². The van der Waals surface area contributed by atoms with Crippen LogP contribution in [0.2, 0.25) is 0 Å². The van der Waals surface area contributed by atoms with Gasteiger partial charge in [0.2, 0.25) is 5.95 Å². The molecule has 2 aromatic rings. The Morgan fingerprint density at radius 2 is 1.76 bits per heavy atom. The van der Waals surface area contributed by atoms with E-state index in [4.69, 9.17) is 0 Å². The van der Waals surface area contributed by atoms with Gasteiger partial charge in [0.15, 0.2) is 0 Å². The third-order valence-electron chi connectivity index (χ3n) is 3.66. The van der Waals surface area contributed by atoms with E-state index < -0.39 is 5.95 Å². The molecule has 5 heteroatoms. The van der Waals surface area contributed by atoms with E-state index >= 15 is 0 Å². The predicted octanol–water partition coefficient (Wildman–Crippen LogP) is 2.18. The lowest BCUT2D eigenvalue weighted by Gasteiger charge is -2.36. The standard InChI is InChI=1S/C16H16FN3O/c17-15-12-13(6-7-18-15)16(21)20-10-8-19(9-11-20)14-4-2-1-3-5-14/h1-7,12H,8-11H2. The third-order valence-corrected chi connectivity index (χ3v) is 3.66. The van der Waals surface area contributed by atoms with Crippen LogP contribution in [0.15, 0.2) is 48.7 Å². The summed E-state index contributed by atoms with van der Waals surface area (Å²) in [7, 11) is 0. The van der Waals surface area contributed by atoms with E-state index in [-0.39, 0.29) is 5.91 Å². The number of carbonyl (C=O) groups is 1. The molecule has 0 radical (unpaired) electrons. The number of amides is 1. The number of hydrogen-bond donors (Lipinski definition) is 0. The first kappa shape index (κ1) is 13.5. The molecule has 0 bridgehead atoms. The minimum atomic E-state index is -0.622. The van der Waals surface area contributed by atoms with Crippen molar-refractivity contribution in [2.45, 2.75) is 0 Å². The van der Waals surface area contributed by atoms with Gasteiger partial charge in [-0.2, -0.15) is 4.39 Å². The molecule has 2 heterocycles. The molecule has 1 fully saturated rings. The number of anilines is 1. The van der Waals surface area contributed by atoms with Crippen LogP contribution in [0, 0.1) is 5.95 Å². The van der Waals surface area contributed by atoms with E-state index in [1.54, 1.807) is 11.0 Å². The Hall–Kier alpha value is -2.43. The second kappa shape index (κ2) is 5.91. The molecule has 21 heavy (non-hydrogen) atoms. The number of hydrogen-bond acceptors (Lipinski definition) is 3. The van der Waals surface area contributed by atoms with Crippen LogP contribution in [-0.4, -0.2) is 42.0 Å². The summed E-state index contributed by atoms with van der Waals surface area (Å²) >= 11 is 0. The minimum Gasteiger partial charge on any atom is -0.368 e. The van der Waals surface area contributed by atoms with Crippen LogP contribution >= 0.6 is 0 Å². The van der Waals surface area contributed by atoms with E-state index in [0.717, 1.165) is 13.1 Å². The zero-order chi connectivity index (χ0) is 14.7. The summed E-state index contributed by atoms with van der Waals surface area (Å²) in [4.78, 5) is 19.8. The van der Waals surface area contributed by atoms with E-state index in [0.29, 0.717) is 18.7 Å². The molecular weight excluding hydrogens is 269 g/mol. The average molecular weight is 285 g/mol. The van der Waals surface area contributed by atoms with Gasteiger partial charge in [0.25, 0.3) is 5.91 Å². The number of rotatable bonds is 2. The normalized spacial score (nSPS) is 15.1. The largest absolute Gasteiger partial charge is 0.368 e. The van der Waals surface area contributed by atoms with E-state index in [1.165, 1.54) is 18.0 Å². The van der Waals surface area contributed by atoms with Crippen molar-refractivity contribution < 1.29 is 9.18 Å². The van der Waals surface area contributed by atoms with Gasteiger partial charge in [0, 0.05) is 49.7 Å². The highest BCUT2D eigenvalue weighted by molar-refractivity contribution is 5.94. The number of para-hydroxylation sites is 1. The molecule has 1 amide bonds. The van der Waals surface area contributed by atoms with E-state index in [2.05, 4.69) is 22.0 Å². The van der Waals surface area contributed by atoms with Gasteiger partial charge in [0.05, 0.1) is 0 Å². The zero-order valence-electron chi connectivity index (χ0n) is 11.6. The Morgan fingerprint density at radius 3 is 2.43 bits per heavy atom. The van der Waals surface area contributed by atoms with Gasteiger partial charge in [-0.05, 0) is 18.2 Å². The Kier molecular flexibility index (Phi) is 3.81. The number of halogens is 1. The molecule has 0 aliphatic carbocycles. The Labute approximate surface area is 122 Å². The van der Waals surface area contributed by atoms with Crippen molar-refractivity contribution in [2.24, 2.45) is 0 Å². The highest BCUT2D eigenvalue weighted by Crippen LogP contribution is 2.16. The van der Waals surface area contributed by atoms with Crippen LogP contribution < -0.4 is 4.90 Å². The lowest BCUT2D eigenvalue weighted by Crippen LogP contribution is -2.48. The van der Waals surface area contributed by atoms with Crippen molar-refractivity contribution >= 4 is 11.6 Å². The van der Waals surface area contributed by atoms with E-state index in [1.807, 2.05) is 18.2 Å². The molecule has 1 aliphatic rings. The van der Waals surface area contributed by atoms with Crippen LogP contribution in [-0.2, 0) is 0 Å². The number of carbonyl (C=O) groups excluding carboxylic acids is 1. The van der Waals surface area contributed by atoms with Crippen molar-refractivity contribution in [3.63, 3.8) is 0 Å². The van der Waals surface area contributed by atoms with Gasteiger partial charge < -0.3 is 9.80 Å². The molecular formula is C16H16FN3O. The quantitative estimate of drug-likeness (QED) is 0.794. The van der Waals surface area contributed by atoms with Crippen molar-refractivity contribution in [2.75, 3.05) is 31.1 Å². The van der Waals surface area contributed by atoms with Crippen LogP contribution in [0.3, 0.4) is 0 Å². The summed E-state index contributed by atoms with van der Waals surface area (Å²) in [5, 5.41) is 0. The molecule has 1 aromatic heterocycles. The molecule has 0 spiro atoms. The third kappa shape index (κ3) is 3.02. The molecule has 3 rings (SSSR count). The Bertz CT molecular complexity index is 624. The number of benzene rings is 1. The summed E-state index contributed by atoms with van der Waals surface area (Å²) in [6.45, 7) is 2.84. The van der Waals surface area contributed by atoms with Gasteiger partial charge in [-0.1, -0.05) is 18.2 Å². The lowest BCUT2D eigenvalue weighted by atomic mass is 10.2. The number of pyridine rings is 1. The molecule has 1 saturated heterocycles. The van der Waals surface area contributed by atoms with Gasteiger partial charge in [0.1, 0.15) is 0 Å². The molecule has 0 atom stereocenters. The molecule has 0 N–H and O–H groups in total. The average Bonchev–Trinajstić information content (AvgIpc) is 2.55. The maximum atomic E-state index is 13.1. The Balaban J connectivity index is 1.64. The minimum absolute atomic E-state index is 0.135. The van der Waals surface area contributed by atoms with Crippen LogP contribution in [0.5, 0.6) is 0 Å². The van der Waals surface area contributed by atoms with Gasteiger partial charge >= 0.3 is 0 Å². The summed E-state index contributed by atoms with van der Waals surface area (Å²) in [6.07, 6.45) is 1.32. The molecule has 4 nitrogen and oxygen atoms in total. The fraction of sp³-hybridized carbons (Fsp3) is 0.250. The second-order valence-electron chi connectivity index (χ2n) is 4.98. The molecule has 1 aliphatic heterocycles. The van der Waals surface area contributed by atoms with Crippen molar-refractivity contribution in [3.8, 4) is 0 Å². The number of piperazine rings is 1. The summed E-state index contributed by atoms with van der Waals surface area (Å²) in [6, 6.07) is 12.9. The summed E-state index contributed by atoms with van der Waals surface area (Å²) in [5.74, 6) is -0.757. The number of aromatic nitrogens is 1. The predicted molar refractivity (Wildman–Crippen MR) is 78.8 cm³/mol. The highest BCUT2D eigenvalue weighted by atomic mass is 19.1. The van der Waals surface area contributed by atoms with Crippen molar-refractivity contribution in [1.29, 1.82) is 0 Å². The maximum Gasteiger partial charge on any atom is 0.254 e. The second-order valence-corrected chi connectivity index (χ2v) is 4.98. The fourth-order valence-corrected chi connectivity index (χ4v) is 2.52. The van der Waals surface area contributed by atoms with Crippen molar-refractivity contribution in [1.82, 2.24) is 9.88 Å². The first-order chi connectivity index (χ1) is 10.2. The van der Waals surface area contributed by atoms with Gasteiger partial charge in [-0.25, -0.2) is 4.98 Å². The summed E-state index contributed by atoms with van der Waals surface area (Å²) < 4.78 is 13.1. The highest BCUT2D eigenvalue weighted by Gasteiger charge is 2.22. The van der Waals surface area contributed by atoms with Crippen molar-refractivity contribution in [3.05, 3.63) is 60.2 Å². The fourth-order valence-electron chi connectivity index (χ4n) is 2.52. The Morgan fingerprint density at radius 1 is 1.05 bits per heavy atom.